The molecule has 0 saturated heterocycles. The highest BCUT2D eigenvalue weighted by atomic mass is 32.2. The number of aliphatic imine (C=N–C) groups is 1. The first-order valence-corrected chi connectivity index (χ1v) is 16.8. The van der Waals surface area contributed by atoms with Crippen molar-refractivity contribution in [1.29, 1.82) is 0 Å². The molecule has 1 N–H and O–H groups in total. The fraction of sp³-hybridized carbons (Fsp3) is 0.485. The molecule has 1 fully saturated rings. The van der Waals surface area contributed by atoms with Crippen LogP contribution < -0.4 is 9.46 Å². The molecule has 1 spiro atoms. The van der Waals surface area contributed by atoms with E-state index in [2.05, 4.69) is 16.8 Å². The summed E-state index contributed by atoms with van der Waals surface area (Å²) in [4.78, 5) is 20.7. The molecule has 10 heteroatoms. The van der Waals surface area contributed by atoms with Crippen LogP contribution >= 0.6 is 0 Å². The Bertz CT molecular complexity index is 1620. The number of benzene rings is 2. The van der Waals surface area contributed by atoms with Crippen molar-refractivity contribution in [2.75, 3.05) is 4.72 Å². The summed E-state index contributed by atoms with van der Waals surface area (Å²) in [5.41, 5.74) is 2.70. The van der Waals surface area contributed by atoms with Crippen molar-refractivity contribution in [3.8, 4) is 16.9 Å². The summed E-state index contributed by atoms with van der Waals surface area (Å²) in [5, 5.41) is 3.87. The zero-order valence-electron chi connectivity index (χ0n) is 25.8. The molecule has 1 atom stereocenters. The van der Waals surface area contributed by atoms with E-state index in [4.69, 9.17) is 14.3 Å². The Morgan fingerprint density at radius 2 is 1.84 bits per heavy atom. The van der Waals surface area contributed by atoms with Gasteiger partial charge in [0.15, 0.2) is 0 Å². The van der Waals surface area contributed by atoms with Gasteiger partial charge in [-0.05, 0) is 64.2 Å². The molecule has 2 heterocycles. The van der Waals surface area contributed by atoms with Crippen LogP contribution in [0, 0.1) is 13.8 Å². The maximum atomic E-state index is 13.7. The zero-order valence-corrected chi connectivity index (χ0v) is 26.6. The van der Waals surface area contributed by atoms with Gasteiger partial charge in [0.1, 0.15) is 17.1 Å². The van der Waals surface area contributed by atoms with E-state index in [0.29, 0.717) is 34.7 Å². The minimum atomic E-state index is -4.03. The van der Waals surface area contributed by atoms with Gasteiger partial charge in [-0.15, -0.1) is 0 Å². The number of aromatic nitrogens is 1. The normalized spacial score (nSPS) is 17.0. The number of sulfonamides is 1. The molecule has 5 rings (SSSR count). The largest absolute Gasteiger partial charge is 0.490 e. The van der Waals surface area contributed by atoms with Crippen molar-refractivity contribution in [1.82, 2.24) is 10.1 Å². The second-order valence-corrected chi connectivity index (χ2v) is 13.4. The number of amidine groups is 1. The summed E-state index contributed by atoms with van der Waals surface area (Å²) in [5.74, 6) is 1.64. The molecule has 1 saturated carbocycles. The van der Waals surface area contributed by atoms with Gasteiger partial charge in [0.25, 0.3) is 15.9 Å². The van der Waals surface area contributed by atoms with Gasteiger partial charge in [0.05, 0.1) is 23.2 Å². The average Bonchev–Trinajstić information content (AvgIpc) is 3.67. The molecule has 0 radical (unpaired) electrons. The number of rotatable bonds is 12. The van der Waals surface area contributed by atoms with Gasteiger partial charge in [0.2, 0.25) is 5.88 Å². The van der Waals surface area contributed by atoms with Crippen LogP contribution in [0.1, 0.15) is 89.0 Å². The van der Waals surface area contributed by atoms with E-state index >= 15 is 0 Å². The molecule has 1 amide bonds. The Labute approximate surface area is 254 Å². The third kappa shape index (κ3) is 6.20. The molecule has 0 bridgehead atoms. The maximum Gasteiger partial charge on any atom is 0.264 e. The zero-order chi connectivity index (χ0) is 30.8. The lowest BCUT2D eigenvalue weighted by atomic mass is 9.97. The summed E-state index contributed by atoms with van der Waals surface area (Å²) < 4.78 is 41.5. The fourth-order valence-corrected chi connectivity index (χ4v) is 7.05. The lowest BCUT2D eigenvalue weighted by molar-refractivity contribution is -0.131. The van der Waals surface area contributed by atoms with E-state index in [1.54, 1.807) is 38.1 Å². The quantitative estimate of drug-likeness (QED) is 0.234. The Hall–Kier alpha value is -3.66. The van der Waals surface area contributed by atoms with Crippen LogP contribution in [0.4, 0.5) is 5.88 Å². The fourth-order valence-electron chi connectivity index (χ4n) is 5.78. The summed E-state index contributed by atoms with van der Waals surface area (Å²) in [6.07, 6.45) is 7.13. The molecule has 1 aliphatic heterocycles. The number of unbranched alkanes of at least 4 members (excludes halogenated alkanes) is 1. The van der Waals surface area contributed by atoms with E-state index in [1.165, 1.54) is 0 Å². The number of hydrogen-bond donors (Lipinski definition) is 1. The van der Waals surface area contributed by atoms with Crippen LogP contribution in [-0.4, -0.2) is 41.9 Å². The average molecular weight is 607 g/mol. The second kappa shape index (κ2) is 12.5. The van der Waals surface area contributed by atoms with Crippen molar-refractivity contribution in [3.63, 3.8) is 0 Å². The molecule has 9 nitrogen and oxygen atoms in total. The number of carbonyl (C=O) groups excluding carboxylic acids is 1. The Morgan fingerprint density at radius 1 is 1.09 bits per heavy atom. The highest BCUT2D eigenvalue weighted by Crippen LogP contribution is 2.41. The predicted octanol–water partition coefficient (Wildman–Crippen LogP) is 7.18. The number of carbonyl (C=O) groups is 1. The molecule has 2 aliphatic rings. The lowest BCUT2D eigenvalue weighted by Crippen LogP contribution is -2.40. The predicted molar refractivity (Wildman–Crippen MR) is 168 cm³/mol. The van der Waals surface area contributed by atoms with E-state index < -0.39 is 15.6 Å². The van der Waals surface area contributed by atoms with Gasteiger partial charge in [0, 0.05) is 23.1 Å². The minimum absolute atomic E-state index is 0.0922. The number of nitrogens with one attached hydrogen (secondary N) is 1. The third-order valence-electron chi connectivity index (χ3n) is 8.62. The first-order chi connectivity index (χ1) is 20.6. The van der Waals surface area contributed by atoms with Crippen LogP contribution in [0.3, 0.4) is 0 Å². The molecule has 43 heavy (non-hydrogen) atoms. The van der Waals surface area contributed by atoms with E-state index in [-0.39, 0.29) is 22.8 Å². The first kappa shape index (κ1) is 30.8. The number of ether oxygens (including phenoxy) is 1. The number of amides is 1. The number of nitrogens with zero attached hydrogens (tertiary/aromatic N) is 3. The standard InChI is InChI=1S/C33H42N4O5S/c1-6-8-15-30-34-33(18-11-12-19-33)32(38)37(30)21-25-16-17-26(28(20-25)41-22(3)7-2)27-13-9-10-14-29(27)43(39,40)36-31-23(4)24(5)35-42-31/h9-10,13-14,16-17,20,22,36H,6-8,11-12,15,18-19,21H2,1-5H3. The molecule has 1 aromatic heterocycles. The lowest BCUT2D eigenvalue weighted by Gasteiger charge is -2.24. The van der Waals surface area contributed by atoms with E-state index in [1.807, 2.05) is 36.9 Å². The molecule has 230 valence electrons. The SMILES string of the molecule is CCCCC1=NC2(CCCC2)C(=O)N1Cc1ccc(-c2ccccc2S(=O)(=O)Nc2onc(C)c2C)c(OC(C)CC)c1. The topological polar surface area (TPSA) is 114 Å². The van der Waals surface area contributed by atoms with E-state index in [0.717, 1.165) is 62.8 Å². The second-order valence-electron chi connectivity index (χ2n) is 11.8. The van der Waals surface area contributed by atoms with E-state index in [9.17, 15) is 13.2 Å². The summed E-state index contributed by atoms with van der Waals surface area (Å²) in [6, 6.07) is 12.6. The van der Waals surface area contributed by atoms with Crippen molar-refractivity contribution in [2.45, 2.75) is 109 Å². The third-order valence-corrected chi connectivity index (χ3v) is 10.0. The Balaban J connectivity index is 1.51. The van der Waals surface area contributed by atoms with Gasteiger partial charge >= 0.3 is 0 Å². The molecule has 3 aromatic rings. The summed E-state index contributed by atoms with van der Waals surface area (Å²) in [6.45, 7) is 10.1. The minimum Gasteiger partial charge on any atom is -0.490 e. The van der Waals surface area contributed by atoms with Crippen molar-refractivity contribution >= 4 is 27.7 Å². The first-order valence-electron chi connectivity index (χ1n) is 15.3. The van der Waals surface area contributed by atoms with Gasteiger partial charge in [-0.25, -0.2) is 13.1 Å². The van der Waals surface area contributed by atoms with Crippen molar-refractivity contribution in [3.05, 3.63) is 59.3 Å². The number of hydrogen-bond acceptors (Lipinski definition) is 7. The molecule has 2 aromatic carbocycles. The van der Waals surface area contributed by atoms with Crippen LogP contribution in [-0.2, 0) is 21.4 Å². The molecular formula is C33H42N4O5S. The Kier molecular flexibility index (Phi) is 8.96. The van der Waals surface area contributed by atoms with Gasteiger partial charge in [-0.1, -0.05) is 68.6 Å². The van der Waals surface area contributed by atoms with Crippen molar-refractivity contribution in [2.24, 2.45) is 4.99 Å². The molecule has 1 aliphatic carbocycles. The number of aryl methyl sites for hydroxylation is 1. The molecule has 1 unspecified atom stereocenters. The monoisotopic (exact) mass is 606 g/mol. The van der Waals surface area contributed by atoms with Crippen LogP contribution in [0.25, 0.3) is 11.1 Å². The van der Waals surface area contributed by atoms with Crippen LogP contribution in [0.15, 0.2) is 56.9 Å². The smallest absolute Gasteiger partial charge is 0.264 e. The van der Waals surface area contributed by atoms with Gasteiger partial charge < -0.3 is 9.26 Å². The number of anilines is 1. The van der Waals surface area contributed by atoms with Gasteiger partial charge in [-0.2, -0.15) is 0 Å². The van der Waals surface area contributed by atoms with Gasteiger partial charge in [-0.3, -0.25) is 14.7 Å². The van der Waals surface area contributed by atoms with Crippen LogP contribution in [0.2, 0.25) is 0 Å². The highest BCUT2D eigenvalue weighted by molar-refractivity contribution is 7.92. The van der Waals surface area contributed by atoms with Crippen LogP contribution in [0.5, 0.6) is 5.75 Å². The maximum absolute atomic E-state index is 13.7. The molecular weight excluding hydrogens is 564 g/mol. The van der Waals surface area contributed by atoms with Crippen molar-refractivity contribution < 1.29 is 22.5 Å². The summed E-state index contributed by atoms with van der Waals surface area (Å²) in [7, 11) is -4.03. The Morgan fingerprint density at radius 3 is 2.51 bits per heavy atom. The summed E-state index contributed by atoms with van der Waals surface area (Å²) >= 11 is 0. The highest BCUT2D eigenvalue weighted by Gasteiger charge is 2.49.